The molecule has 0 spiro atoms. The molecule has 43 heavy (non-hydrogen) atoms. The average Bonchev–Trinajstić information content (AvgIpc) is 3.47. The van der Waals surface area contributed by atoms with Crippen LogP contribution in [0.15, 0.2) is 146 Å². The number of hydrogen-bond acceptors (Lipinski definition) is 2. The van der Waals surface area contributed by atoms with E-state index in [9.17, 15) is 0 Å². The van der Waals surface area contributed by atoms with Crippen molar-refractivity contribution in [3.8, 4) is 39.2 Å². The van der Waals surface area contributed by atoms with E-state index in [1.807, 2.05) is 6.07 Å². The maximum atomic E-state index is 5.23. The van der Waals surface area contributed by atoms with Gasteiger partial charge in [0.25, 0.3) is 0 Å². The first kappa shape index (κ1) is 25.2. The molecule has 2 aromatic heterocycles. The minimum Gasteiger partial charge on any atom is -0.296 e. The number of fused-ring (bicyclic) bond motifs is 4. The van der Waals surface area contributed by atoms with Crippen molar-refractivity contribution in [1.82, 2.24) is 14.5 Å². The van der Waals surface area contributed by atoms with Crippen LogP contribution in [-0.2, 0) is 6.42 Å². The van der Waals surface area contributed by atoms with Gasteiger partial charge in [0.1, 0.15) is 5.82 Å². The Kier molecular flexibility index (Phi) is 6.08. The maximum absolute atomic E-state index is 5.23. The topological polar surface area (TPSA) is 30.7 Å². The van der Waals surface area contributed by atoms with Gasteiger partial charge in [-0.2, -0.15) is 0 Å². The van der Waals surface area contributed by atoms with Crippen LogP contribution in [0.4, 0.5) is 0 Å². The Balaban J connectivity index is 1.25. The van der Waals surface area contributed by atoms with E-state index < -0.39 is 0 Å². The van der Waals surface area contributed by atoms with E-state index >= 15 is 0 Å². The fraction of sp³-hybridized carbons (Fsp3) is 0.0500. The standard InChI is InChI=1S/C40H29N3/c1-2-38-41-36-20-8-9-21-37(36)43(38)31-24-22-27(23-25-31)29-14-10-15-30(26-29)40-34-18-11-17-32(28-12-4-3-5-13-28)39(34)33-16-6-7-19-35(33)42-40/h3-26H,2H2,1H3. The zero-order valence-electron chi connectivity index (χ0n) is 23.9. The predicted molar refractivity (Wildman–Crippen MR) is 180 cm³/mol. The minimum absolute atomic E-state index is 0.872. The molecule has 0 aliphatic carbocycles. The molecule has 0 amide bonds. The second kappa shape index (κ2) is 10.4. The van der Waals surface area contributed by atoms with E-state index in [4.69, 9.17) is 9.97 Å². The van der Waals surface area contributed by atoms with Gasteiger partial charge in [-0.15, -0.1) is 0 Å². The lowest BCUT2D eigenvalue weighted by atomic mass is 9.92. The molecule has 2 heterocycles. The second-order valence-electron chi connectivity index (χ2n) is 10.9. The van der Waals surface area contributed by atoms with Gasteiger partial charge in [-0.1, -0.05) is 116 Å². The molecular formula is C40H29N3. The molecule has 204 valence electrons. The first-order valence-corrected chi connectivity index (χ1v) is 14.8. The van der Waals surface area contributed by atoms with E-state index in [2.05, 4.69) is 151 Å². The number of benzene rings is 6. The molecule has 8 rings (SSSR count). The molecule has 8 aromatic rings. The molecule has 0 saturated carbocycles. The summed E-state index contributed by atoms with van der Waals surface area (Å²) in [6, 6.07) is 51.6. The summed E-state index contributed by atoms with van der Waals surface area (Å²) in [5.74, 6) is 1.07. The number of hydrogen-bond donors (Lipinski definition) is 0. The number of rotatable bonds is 5. The monoisotopic (exact) mass is 551 g/mol. The first-order valence-electron chi connectivity index (χ1n) is 14.8. The van der Waals surface area contributed by atoms with Crippen LogP contribution in [0.5, 0.6) is 0 Å². The lowest BCUT2D eigenvalue weighted by Crippen LogP contribution is -1.99. The van der Waals surface area contributed by atoms with Crippen LogP contribution in [0.3, 0.4) is 0 Å². The minimum atomic E-state index is 0.872. The largest absolute Gasteiger partial charge is 0.296 e. The molecule has 6 aromatic carbocycles. The van der Waals surface area contributed by atoms with Crippen LogP contribution >= 0.6 is 0 Å². The Labute approximate surface area is 250 Å². The zero-order chi connectivity index (χ0) is 28.8. The fourth-order valence-corrected chi connectivity index (χ4v) is 6.33. The Morgan fingerprint density at radius 1 is 0.512 bits per heavy atom. The second-order valence-corrected chi connectivity index (χ2v) is 10.9. The van der Waals surface area contributed by atoms with Gasteiger partial charge in [-0.25, -0.2) is 9.97 Å². The molecule has 0 aliphatic rings. The smallest absolute Gasteiger partial charge is 0.114 e. The van der Waals surface area contributed by atoms with Gasteiger partial charge in [0.05, 0.1) is 22.2 Å². The number of aromatic nitrogens is 3. The van der Waals surface area contributed by atoms with E-state index in [0.29, 0.717) is 0 Å². The summed E-state index contributed by atoms with van der Waals surface area (Å²) in [7, 11) is 0. The third-order valence-corrected chi connectivity index (χ3v) is 8.35. The number of pyridine rings is 1. The SMILES string of the molecule is CCc1nc2ccccc2n1-c1ccc(-c2cccc(-c3nc4ccccc4c4c(-c5ccccc5)cccc34)c2)cc1. The van der Waals surface area contributed by atoms with E-state index in [0.717, 1.165) is 56.7 Å². The maximum Gasteiger partial charge on any atom is 0.114 e. The van der Waals surface area contributed by atoms with Crippen LogP contribution in [0.1, 0.15) is 12.7 Å². The van der Waals surface area contributed by atoms with Crippen molar-refractivity contribution in [2.24, 2.45) is 0 Å². The molecule has 0 N–H and O–H groups in total. The fourth-order valence-electron chi connectivity index (χ4n) is 6.33. The third-order valence-electron chi connectivity index (χ3n) is 8.35. The molecule has 3 nitrogen and oxygen atoms in total. The zero-order valence-corrected chi connectivity index (χ0v) is 23.9. The van der Waals surface area contributed by atoms with Crippen molar-refractivity contribution in [2.75, 3.05) is 0 Å². The molecule has 0 radical (unpaired) electrons. The Morgan fingerprint density at radius 3 is 2.02 bits per heavy atom. The van der Waals surface area contributed by atoms with Crippen molar-refractivity contribution < 1.29 is 0 Å². The van der Waals surface area contributed by atoms with E-state index in [1.165, 1.54) is 27.5 Å². The Bertz CT molecular complexity index is 2260. The predicted octanol–water partition coefficient (Wildman–Crippen LogP) is 10.3. The lowest BCUT2D eigenvalue weighted by molar-refractivity contribution is 0.908. The first-order chi connectivity index (χ1) is 21.3. The summed E-state index contributed by atoms with van der Waals surface area (Å²) in [5.41, 5.74) is 11.2. The summed E-state index contributed by atoms with van der Waals surface area (Å²) in [6.45, 7) is 2.16. The molecule has 3 heteroatoms. The van der Waals surface area contributed by atoms with Gasteiger partial charge in [-0.3, -0.25) is 4.57 Å². The van der Waals surface area contributed by atoms with E-state index in [1.54, 1.807) is 0 Å². The normalized spacial score (nSPS) is 11.5. The lowest BCUT2D eigenvalue weighted by Gasteiger charge is -2.15. The van der Waals surface area contributed by atoms with Gasteiger partial charge in [0.15, 0.2) is 0 Å². The highest BCUT2D eigenvalue weighted by Crippen LogP contribution is 2.39. The van der Waals surface area contributed by atoms with Gasteiger partial charge in [0, 0.05) is 33.8 Å². The molecule has 0 unspecified atom stereocenters. The van der Waals surface area contributed by atoms with E-state index in [-0.39, 0.29) is 0 Å². The van der Waals surface area contributed by atoms with Gasteiger partial charge < -0.3 is 0 Å². The Hall–Kier alpha value is -5.54. The highest BCUT2D eigenvalue weighted by atomic mass is 15.1. The molecule has 0 aliphatic heterocycles. The van der Waals surface area contributed by atoms with Crippen LogP contribution in [-0.4, -0.2) is 14.5 Å². The quantitative estimate of drug-likeness (QED) is 0.199. The molecular weight excluding hydrogens is 522 g/mol. The average molecular weight is 552 g/mol. The van der Waals surface area contributed by atoms with Crippen LogP contribution < -0.4 is 0 Å². The van der Waals surface area contributed by atoms with Gasteiger partial charge in [0.2, 0.25) is 0 Å². The van der Waals surface area contributed by atoms with Crippen molar-refractivity contribution in [2.45, 2.75) is 13.3 Å². The van der Waals surface area contributed by atoms with Crippen LogP contribution in [0.25, 0.3) is 71.9 Å². The molecule has 0 fully saturated rings. The third kappa shape index (κ3) is 4.29. The highest BCUT2D eigenvalue weighted by Gasteiger charge is 2.15. The number of nitrogens with zero attached hydrogens (tertiary/aromatic N) is 3. The van der Waals surface area contributed by atoms with Crippen molar-refractivity contribution in [3.63, 3.8) is 0 Å². The number of imidazole rings is 1. The number of para-hydroxylation sites is 3. The highest BCUT2D eigenvalue weighted by molar-refractivity contribution is 6.17. The molecule has 0 atom stereocenters. The van der Waals surface area contributed by atoms with Crippen molar-refractivity contribution >= 4 is 32.7 Å². The summed E-state index contributed by atoms with van der Waals surface area (Å²) in [5, 5.41) is 3.57. The molecule has 0 bridgehead atoms. The summed E-state index contributed by atoms with van der Waals surface area (Å²) < 4.78 is 2.27. The summed E-state index contributed by atoms with van der Waals surface area (Å²) >= 11 is 0. The van der Waals surface area contributed by atoms with Crippen molar-refractivity contribution in [3.05, 3.63) is 151 Å². The van der Waals surface area contributed by atoms with Gasteiger partial charge >= 0.3 is 0 Å². The molecule has 0 saturated heterocycles. The summed E-state index contributed by atoms with van der Waals surface area (Å²) in [4.78, 5) is 10.1. The van der Waals surface area contributed by atoms with Crippen molar-refractivity contribution in [1.29, 1.82) is 0 Å². The van der Waals surface area contributed by atoms with Gasteiger partial charge in [-0.05, 0) is 58.7 Å². The van der Waals surface area contributed by atoms with Crippen LogP contribution in [0, 0.1) is 0 Å². The summed E-state index contributed by atoms with van der Waals surface area (Å²) in [6.07, 6.45) is 0.872. The Morgan fingerprint density at radius 2 is 1.19 bits per heavy atom. The van der Waals surface area contributed by atoms with Crippen LogP contribution in [0.2, 0.25) is 0 Å². The number of aryl methyl sites for hydroxylation is 1.